The fourth-order valence-corrected chi connectivity index (χ4v) is 2.09. The lowest BCUT2D eigenvalue weighted by Gasteiger charge is -2.06. The van der Waals surface area contributed by atoms with Crippen molar-refractivity contribution < 1.29 is 0 Å². The first-order valence-corrected chi connectivity index (χ1v) is 6.63. The molecule has 1 heterocycles. The van der Waals surface area contributed by atoms with Crippen molar-refractivity contribution in [3.05, 3.63) is 39.9 Å². The van der Waals surface area contributed by atoms with Gasteiger partial charge in [0.25, 0.3) is 0 Å². The average molecular weight is 305 g/mol. The Hall–Kier alpha value is -1.67. The van der Waals surface area contributed by atoms with Gasteiger partial charge in [0.05, 0.1) is 11.3 Å². The monoisotopic (exact) mass is 304 g/mol. The van der Waals surface area contributed by atoms with Crippen LogP contribution in [-0.4, -0.2) is 14.8 Å². The van der Waals surface area contributed by atoms with Crippen molar-refractivity contribution in [2.24, 2.45) is 0 Å². The molecule has 4 nitrogen and oxygen atoms in total. The van der Waals surface area contributed by atoms with E-state index in [1.807, 2.05) is 26.0 Å². The predicted molar refractivity (Wildman–Crippen MR) is 72.5 cm³/mol. The van der Waals surface area contributed by atoms with Crippen molar-refractivity contribution in [3.8, 4) is 11.8 Å². The number of aromatic nitrogens is 3. The van der Waals surface area contributed by atoms with Crippen LogP contribution in [0.3, 0.4) is 0 Å². The van der Waals surface area contributed by atoms with Crippen LogP contribution in [0.25, 0.3) is 5.69 Å². The standard InChI is InChI=1S/C13H13BrN4/c1-3-12-16-13(4-2)18(17-12)11-7-10(14)6-5-9(11)8-15/h5-7H,3-4H2,1-2H3. The van der Waals surface area contributed by atoms with Crippen LogP contribution in [0.1, 0.15) is 31.1 Å². The molecule has 0 unspecified atom stereocenters. The molecule has 0 spiro atoms. The zero-order valence-electron chi connectivity index (χ0n) is 10.3. The molecular formula is C13H13BrN4. The van der Waals surface area contributed by atoms with Crippen LogP contribution >= 0.6 is 15.9 Å². The molecule has 5 heteroatoms. The topological polar surface area (TPSA) is 54.5 Å². The van der Waals surface area contributed by atoms with Gasteiger partial charge < -0.3 is 0 Å². The maximum atomic E-state index is 9.17. The minimum Gasteiger partial charge on any atom is -0.216 e. The second-order valence-corrected chi connectivity index (χ2v) is 4.75. The minimum atomic E-state index is 0.598. The van der Waals surface area contributed by atoms with E-state index in [1.54, 1.807) is 10.7 Å². The lowest BCUT2D eigenvalue weighted by atomic mass is 10.2. The second-order valence-electron chi connectivity index (χ2n) is 3.84. The van der Waals surface area contributed by atoms with Crippen LogP contribution in [0.5, 0.6) is 0 Å². The molecular weight excluding hydrogens is 292 g/mol. The van der Waals surface area contributed by atoms with E-state index in [0.717, 1.165) is 34.7 Å². The third-order valence-electron chi connectivity index (χ3n) is 2.66. The Morgan fingerprint density at radius 1 is 1.33 bits per heavy atom. The number of rotatable bonds is 3. The van der Waals surface area contributed by atoms with Crippen LogP contribution in [-0.2, 0) is 12.8 Å². The molecule has 0 saturated carbocycles. The zero-order valence-corrected chi connectivity index (χ0v) is 11.9. The summed E-state index contributed by atoms with van der Waals surface area (Å²) >= 11 is 3.42. The summed E-state index contributed by atoms with van der Waals surface area (Å²) < 4.78 is 2.69. The average Bonchev–Trinajstić information content (AvgIpc) is 2.81. The highest BCUT2D eigenvalue weighted by Crippen LogP contribution is 2.21. The Balaban J connectivity index is 2.64. The van der Waals surface area contributed by atoms with E-state index in [4.69, 9.17) is 0 Å². The smallest absolute Gasteiger partial charge is 0.151 e. The van der Waals surface area contributed by atoms with E-state index in [-0.39, 0.29) is 0 Å². The van der Waals surface area contributed by atoms with Crippen LogP contribution in [0, 0.1) is 11.3 Å². The quantitative estimate of drug-likeness (QED) is 0.876. The van der Waals surface area contributed by atoms with E-state index in [2.05, 4.69) is 32.1 Å². The molecule has 0 saturated heterocycles. The molecule has 0 N–H and O–H groups in total. The maximum absolute atomic E-state index is 9.17. The van der Waals surface area contributed by atoms with Crippen LogP contribution in [0.2, 0.25) is 0 Å². The molecule has 0 aliphatic carbocycles. The van der Waals surface area contributed by atoms with Gasteiger partial charge >= 0.3 is 0 Å². The molecule has 0 amide bonds. The van der Waals surface area contributed by atoms with Crippen molar-refractivity contribution in [1.29, 1.82) is 5.26 Å². The fraction of sp³-hybridized carbons (Fsp3) is 0.308. The Labute approximate surface area is 114 Å². The van der Waals surface area contributed by atoms with Crippen molar-refractivity contribution in [2.75, 3.05) is 0 Å². The van der Waals surface area contributed by atoms with Gasteiger partial charge in [0.1, 0.15) is 11.9 Å². The summed E-state index contributed by atoms with van der Waals surface area (Å²) in [7, 11) is 0. The second kappa shape index (κ2) is 5.32. The van der Waals surface area contributed by atoms with Crippen LogP contribution < -0.4 is 0 Å². The number of nitrogens with zero attached hydrogens (tertiary/aromatic N) is 4. The van der Waals surface area contributed by atoms with Crippen molar-refractivity contribution >= 4 is 15.9 Å². The number of benzene rings is 1. The minimum absolute atomic E-state index is 0.598. The summed E-state index contributed by atoms with van der Waals surface area (Å²) in [4.78, 5) is 4.46. The first-order chi connectivity index (χ1) is 8.69. The highest BCUT2D eigenvalue weighted by Gasteiger charge is 2.12. The molecule has 1 aromatic heterocycles. The predicted octanol–water partition coefficient (Wildman–Crippen LogP) is 3.03. The van der Waals surface area contributed by atoms with Gasteiger partial charge in [-0.3, -0.25) is 0 Å². The van der Waals surface area contributed by atoms with Crippen LogP contribution in [0.4, 0.5) is 0 Å². The summed E-state index contributed by atoms with van der Waals surface area (Å²) in [6, 6.07) is 7.72. The summed E-state index contributed by atoms with van der Waals surface area (Å²) in [5, 5.41) is 13.6. The molecule has 1 aromatic carbocycles. The third-order valence-corrected chi connectivity index (χ3v) is 3.15. The summed E-state index contributed by atoms with van der Waals surface area (Å²) in [6.45, 7) is 4.05. The van der Waals surface area contributed by atoms with Gasteiger partial charge in [-0.25, -0.2) is 9.67 Å². The molecule has 0 fully saturated rings. The van der Waals surface area contributed by atoms with E-state index >= 15 is 0 Å². The van der Waals surface area contributed by atoms with Gasteiger partial charge in [0.15, 0.2) is 5.82 Å². The third kappa shape index (κ3) is 2.29. The lowest BCUT2D eigenvalue weighted by Crippen LogP contribution is -2.04. The molecule has 0 bridgehead atoms. The van der Waals surface area contributed by atoms with E-state index in [0.29, 0.717) is 5.56 Å². The first kappa shape index (κ1) is 12.8. The molecule has 0 atom stereocenters. The molecule has 18 heavy (non-hydrogen) atoms. The number of nitriles is 1. The first-order valence-electron chi connectivity index (χ1n) is 5.84. The van der Waals surface area contributed by atoms with Gasteiger partial charge in [-0.05, 0) is 18.2 Å². The van der Waals surface area contributed by atoms with E-state index < -0.39 is 0 Å². The molecule has 92 valence electrons. The van der Waals surface area contributed by atoms with Crippen molar-refractivity contribution in [1.82, 2.24) is 14.8 Å². The number of aryl methyl sites for hydroxylation is 2. The van der Waals surface area contributed by atoms with Gasteiger partial charge in [-0.15, -0.1) is 0 Å². The van der Waals surface area contributed by atoms with Crippen molar-refractivity contribution in [3.63, 3.8) is 0 Å². The van der Waals surface area contributed by atoms with E-state index in [9.17, 15) is 5.26 Å². The Kier molecular flexibility index (Phi) is 3.78. The molecule has 2 aromatic rings. The van der Waals surface area contributed by atoms with Crippen molar-refractivity contribution in [2.45, 2.75) is 26.7 Å². The molecule has 0 aliphatic heterocycles. The maximum Gasteiger partial charge on any atom is 0.151 e. The van der Waals surface area contributed by atoms with Crippen LogP contribution in [0.15, 0.2) is 22.7 Å². The molecule has 0 aliphatic rings. The molecule has 0 radical (unpaired) electrons. The Morgan fingerprint density at radius 2 is 2.11 bits per heavy atom. The summed E-state index contributed by atoms with van der Waals surface area (Å²) in [6.07, 6.45) is 1.57. The van der Waals surface area contributed by atoms with E-state index in [1.165, 1.54) is 0 Å². The Bertz CT molecular complexity index is 610. The molecule has 2 rings (SSSR count). The van der Waals surface area contributed by atoms with Gasteiger partial charge in [-0.2, -0.15) is 10.4 Å². The summed E-state index contributed by atoms with van der Waals surface area (Å²) in [5.41, 5.74) is 1.37. The largest absolute Gasteiger partial charge is 0.216 e. The highest BCUT2D eigenvalue weighted by atomic mass is 79.9. The zero-order chi connectivity index (χ0) is 13.1. The van der Waals surface area contributed by atoms with Gasteiger partial charge in [-0.1, -0.05) is 29.8 Å². The van der Waals surface area contributed by atoms with Gasteiger partial charge in [0, 0.05) is 17.3 Å². The fourth-order valence-electron chi connectivity index (χ4n) is 1.74. The Morgan fingerprint density at radius 3 is 2.72 bits per heavy atom. The summed E-state index contributed by atoms with van der Waals surface area (Å²) in [5.74, 6) is 1.68. The van der Waals surface area contributed by atoms with Gasteiger partial charge in [0.2, 0.25) is 0 Å². The highest BCUT2D eigenvalue weighted by molar-refractivity contribution is 9.10. The SMILES string of the molecule is CCc1nc(CC)n(-c2cc(Br)ccc2C#N)n1. The lowest BCUT2D eigenvalue weighted by molar-refractivity contribution is 0.788. The number of hydrogen-bond donors (Lipinski definition) is 0. The number of halogens is 1. The normalized spacial score (nSPS) is 10.3. The number of hydrogen-bond acceptors (Lipinski definition) is 3.